The lowest BCUT2D eigenvalue weighted by molar-refractivity contribution is -0.129. The molecule has 4 aromatic rings. The molecule has 8 heteroatoms. The second-order valence-electron chi connectivity index (χ2n) is 11.2. The average Bonchev–Trinajstić information content (AvgIpc) is 3.56. The van der Waals surface area contributed by atoms with E-state index in [4.69, 9.17) is 10.5 Å². The number of ketones is 1. The normalized spacial score (nSPS) is 15.0. The summed E-state index contributed by atoms with van der Waals surface area (Å²) in [6, 6.07) is 15.9. The van der Waals surface area contributed by atoms with Crippen LogP contribution in [0.2, 0.25) is 0 Å². The number of Topliss-reactive ketones (excluding diaryl/α,β-unsaturated/α-hetero) is 1. The number of rotatable bonds is 6. The molecule has 0 bridgehead atoms. The van der Waals surface area contributed by atoms with E-state index in [9.17, 15) is 14.0 Å². The zero-order chi connectivity index (χ0) is 29.5. The number of hydrogen-bond acceptors (Lipinski definition) is 5. The van der Waals surface area contributed by atoms with Crippen LogP contribution in [-0.2, 0) is 11.2 Å². The third-order valence-corrected chi connectivity index (χ3v) is 8.42. The van der Waals surface area contributed by atoms with Crippen molar-refractivity contribution in [3.8, 4) is 17.2 Å². The summed E-state index contributed by atoms with van der Waals surface area (Å²) in [5, 5.41) is 4.44. The molecule has 1 fully saturated rings. The van der Waals surface area contributed by atoms with Gasteiger partial charge in [0.1, 0.15) is 11.6 Å². The summed E-state index contributed by atoms with van der Waals surface area (Å²) in [6.07, 6.45) is 5.92. The molecular weight excluding hydrogens is 531 g/mol. The van der Waals surface area contributed by atoms with Gasteiger partial charge in [0.25, 0.3) is 0 Å². The Hall–Kier alpha value is -4.72. The Kier molecular flexibility index (Phi) is 7.14. The second kappa shape index (κ2) is 10.9. The number of amides is 1. The Labute approximate surface area is 244 Å². The van der Waals surface area contributed by atoms with Gasteiger partial charge in [0.15, 0.2) is 17.3 Å². The third-order valence-electron chi connectivity index (χ3n) is 8.42. The smallest absolute Gasteiger partial charge is 0.219 e. The van der Waals surface area contributed by atoms with Crippen LogP contribution in [0.15, 0.2) is 66.4 Å². The zero-order valence-corrected chi connectivity index (χ0v) is 24.0. The highest BCUT2D eigenvalue weighted by Gasteiger charge is 2.28. The van der Waals surface area contributed by atoms with Crippen LogP contribution in [0.5, 0.6) is 11.5 Å². The van der Waals surface area contributed by atoms with E-state index in [0.717, 1.165) is 42.6 Å². The van der Waals surface area contributed by atoms with E-state index in [1.165, 1.54) is 23.4 Å². The number of allylic oxidation sites excluding steroid dienone is 1. The largest absolute Gasteiger partial charge is 0.454 e. The van der Waals surface area contributed by atoms with Gasteiger partial charge in [-0.15, -0.1) is 0 Å². The maximum atomic E-state index is 14.0. The summed E-state index contributed by atoms with van der Waals surface area (Å²) < 4.78 is 21.3. The van der Waals surface area contributed by atoms with Gasteiger partial charge in [-0.1, -0.05) is 24.3 Å². The Morgan fingerprint density at radius 3 is 2.50 bits per heavy atom. The van der Waals surface area contributed by atoms with E-state index in [-0.39, 0.29) is 23.3 Å². The first-order valence-corrected chi connectivity index (χ1v) is 14.2. The van der Waals surface area contributed by atoms with Crippen LogP contribution >= 0.6 is 0 Å². The molecule has 1 aromatic heterocycles. The number of piperidine rings is 1. The number of anilines is 1. The number of aromatic nitrogens is 2. The highest BCUT2D eigenvalue weighted by Crippen LogP contribution is 2.37. The van der Waals surface area contributed by atoms with Crippen LogP contribution in [0.3, 0.4) is 0 Å². The quantitative estimate of drug-likeness (QED) is 0.268. The first kappa shape index (κ1) is 27.4. The summed E-state index contributed by atoms with van der Waals surface area (Å²) in [5.74, 6) is 0.849. The van der Waals surface area contributed by atoms with Gasteiger partial charge >= 0.3 is 0 Å². The van der Waals surface area contributed by atoms with Crippen molar-refractivity contribution in [1.82, 2.24) is 14.7 Å². The second-order valence-corrected chi connectivity index (χ2v) is 11.2. The molecule has 6 rings (SSSR count). The zero-order valence-electron chi connectivity index (χ0n) is 24.0. The molecule has 2 N–H and O–H groups in total. The van der Waals surface area contributed by atoms with Crippen LogP contribution in [0.1, 0.15) is 63.9 Å². The number of hydrogen-bond donors (Lipinski definition) is 1. The van der Waals surface area contributed by atoms with Crippen LogP contribution in [-0.4, -0.2) is 39.5 Å². The molecule has 1 amide bonds. The molecule has 0 unspecified atom stereocenters. The van der Waals surface area contributed by atoms with E-state index in [1.54, 1.807) is 48.0 Å². The van der Waals surface area contributed by atoms with Gasteiger partial charge in [0.2, 0.25) is 5.91 Å². The van der Waals surface area contributed by atoms with Gasteiger partial charge in [0, 0.05) is 32.0 Å². The number of carbonyl (C=O) groups is 2. The maximum Gasteiger partial charge on any atom is 0.219 e. The lowest BCUT2D eigenvalue weighted by atomic mass is 9.85. The van der Waals surface area contributed by atoms with Gasteiger partial charge in [-0.3, -0.25) is 9.59 Å². The molecule has 7 nitrogen and oxygen atoms in total. The molecule has 1 aliphatic carbocycles. The molecule has 0 atom stereocenters. The highest BCUT2D eigenvalue weighted by atomic mass is 19.1. The van der Waals surface area contributed by atoms with E-state index < -0.39 is 5.82 Å². The Morgan fingerprint density at radius 2 is 1.79 bits per heavy atom. The molecule has 1 saturated heterocycles. The molecule has 214 valence electrons. The fourth-order valence-electron chi connectivity index (χ4n) is 6.10. The summed E-state index contributed by atoms with van der Waals surface area (Å²) >= 11 is 0. The molecule has 1 aliphatic heterocycles. The van der Waals surface area contributed by atoms with Crippen LogP contribution in [0.25, 0.3) is 11.8 Å². The van der Waals surface area contributed by atoms with Crippen LogP contribution in [0, 0.1) is 19.7 Å². The van der Waals surface area contributed by atoms with Crippen LogP contribution in [0.4, 0.5) is 10.2 Å². The average molecular weight is 565 g/mol. The number of likely N-dealkylation sites (tertiary alicyclic amines) is 1. The molecule has 0 radical (unpaired) electrons. The summed E-state index contributed by atoms with van der Waals surface area (Å²) in [7, 11) is 0. The molecule has 2 aliphatic rings. The number of halogens is 1. The molecule has 2 heterocycles. The van der Waals surface area contributed by atoms with Crippen molar-refractivity contribution in [2.24, 2.45) is 0 Å². The third kappa shape index (κ3) is 5.09. The van der Waals surface area contributed by atoms with E-state index >= 15 is 0 Å². The van der Waals surface area contributed by atoms with Crippen molar-refractivity contribution in [2.75, 3.05) is 18.8 Å². The fraction of sp³-hybridized carbons (Fsp3) is 0.265. The topological polar surface area (TPSA) is 90.5 Å². The highest BCUT2D eigenvalue weighted by molar-refractivity contribution is 6.15. The minimum Gasteiger partial charge on any atom is -0.454 e. The number of nitrogens with two attached hydrogens (primary N) is 1. The summed E-state index contributed by atoms with van der Waals surface area (Å²) in [4.78, 5) is 27.3. The van der Waals surface area contributed by atoms with E-state index in [2.05, 4.69) is 24.2 Å². The van der Waals surface area contributed by atoms with Gasteiger partial charge in [-0.05, 0) is 96.8 Å². The summed E-state index contributed by atoms with van der Waals surface area (Å²) in [6.45, 7) is 7.19. The maximum absolute atomic E-state index is 14.0. The minimum absolute atomic E-state index is 0.134. The number of carbonyl (C=O) groups excluding carboxylic acids is 2. The lowest BCUT2D eigenvalue weighted by Crippen LogP contribution is -2.36. The number of benzene rings is 3. The minimum atomic E-state index is -0.441. The number of aryl methyl sites for hydroxylation is 2. The van der Waals surface area contributed by atoms with E-state index in [1.807, 2.05) is 17.9 Å². The fourth-order valence-corrected chi connectivity index (χ4v) is 6.10. The number of fused-ring (bicyclic) bond motifs is 1. The predicted octanol–water partition coefficient (Wildman–Crippen LogP) is 6.55. The van der Waals surface area contributed by atoms with Crippen molar-refractivity contribution >= 4 is 23.6 Å². The van der Waals surface area contributed by atoms with Gasteiger partial charge in [-0.25, -0.2) is 9.07 Å². The van der Waals surface area contributed by atoms with Crippen LogP contribution < -0.4 is 10.5 Å². The van der Waals surface area contributed by atoms with Crippen molar-refractivity contribution in [3.05, 3.63) is 106 Å². The van der Waals surface area contributed by atoms with Crippen molar-refractivity contribution in [2.45, 2.75) is 46.0 Å². The van der Waals surface area contributed by atoms with Crippen molar-refractivity contribution in [3.63, 3.8) is 0 Å². The lowest BCUT2D eigenvalue weighted by Gasteiger charge is -2.32. The molecule has 3 aromatic carbocycles. The number of nitrogens with zero attached hydrogens (tertiary/aromatic N) is 3. The molecule has 42 heavy (non-hydrogen) atoms. The van der Waals surface area contributed by atoms with Crippen molar-refractivity contribution in [1.29, 1.82) is 0 Å². The Morgan fingerprint density at radius 1 is 1.02 bits per heavy atom. The number of para-hydroxylation sites is 1. The number of ether oxygens (including phenoxy) is 1. The molecule has 0 spiro atoms. The Bertz CT molecular complexity index is 1750. The monoisotopic (exact) mass is 564 g/mol. The van der Waals surface area contributed by atoms with Gasteiger partial charge in [0.05, 0.1) is 17.4 Å². The predicted molar refractivity (Wildman–Crippen MR) is 161 cm³/mol. The summed E-state index contributed by atoms with van der Waals surface area (Å²) in [5.41, 5.74) is 13.8. The first-order valence-electron chi connectivity index (χ1n) is 14.2. The first-order chi connectivity index (χ1) is 20.2. The SMILES string of the molecule is CC(=O)N1CCC(c2cc3c(cc2C)C=C(C(=O)c2cnn(-c4ccc(Oc5ccccc5F)cc4C)c2N)C3)CC1. The molecule has 0 saturated carbocycles. The van der Waals surface area contributed by atoms with Crippen molar-refractivity contribution < 1.29 is 18.7 Å². The van der Waals surface area contributed by atoms with Gasteiger partial charge < -0.3 is 15.4 Å². The Balaban J connectivity index is 1.19. The van der Waals surface area contributed by atoms with Gasteiger partial charge in [-0.2, -0.15) is 5.10 Å². The molecular formula is C34H33FN4O3. The standard InChI is InChI=1S/C34H33FN4O3/c1-20-14-24-16-26(17-25(24)18-28(20)23-10-12-38(13-11-23)22(3)40)33(41)29-19-37-39(34(29)36)31-9-8-27(15-21(31)2)42-32-7-5-4-6-30(32)35/h4-9,14-16,18-19,23H,10-13,17,36H2,1-3H3. The van der Waals surface area contributed by atoms with E-state index in [0.29, 0.717) is 34.9 Å². The number of nitrogen functional groups attached to an aromatic ring is 1.